The Kier molecular flexibility index (Phi) is 8.45. The van der Waals surface area contributed by atoms with Crippen molar-refractivity contribution in [2.24, 2.45) is 5.10 Å². The van der Waals surface area contributed by atoms with Crippen LogP contribution < -0.4 is 10.2 Å². The average molecular weight is 617 g/mol. The van der Waals surface area contributed by atoms with E-state index in [1.165, 1.54) is 39.1 Å². The van der Waals surface area contributed by atoms with E-state index < -0.39 is 0 Å². The molecule has 0 radical (unpaired) electrons. The van der Waals surface area contributed by atoms with Crippen LogP contribution in [0.3, 0.4) is 0 Å². The molecule has 228 valence electrons. The number of hydrogen-bond donors (Lipinski definition) is 1. The third-order valence-corrected chi connectivity index (χ3v) is 8.75. The zero-order valence-electron chi connectivity index (χ0n) is 26.1. The van der Waals surface area contributed by atoms with Gasteiger partial charge in [-0.3, -0.25) is 9.36 Å². The number of carbonyl (C=O) groups excluding carboxylic acids is 1. The summed E-state index contributed by atoms with van der Waals surface area (Å²) in [5.41, 5.74) is 9.06. The number of nitrogens with zero attached hydrogens (tertiary/aromatic N) is 5. The van der Waals surface area contributed by atoms with E-state index in [4.69, 9.17) is 4.74 Å². The molecule has 0 spiro atoms. The van der Waals surface area contributed by atoms with Crippen LogP contribution in [0.1, 0.15) is 38.8 Å². The zero-order valence-corrected chi connectivity index (χ0v) is 26.9. The summed E-state index contributed by atoms with van der Waals surface area (Å²) in [6.07, 6.45) is 1.68. The fourth-order valence-corrected chi connectivity index (χ4v) is 6.21. The highest BCUT2D eigenvalue weighted by Crippen LogP contribution is 2.31. The number of para-hydroxylation sites is 1. The lowest BCUT2D eigenvalue weighted by Gasteiger charge is -2.19. The molecule has 0 bridgehead atoms. The standard InChI is InChI=1S/C36H36N6O2S/c1-6-41-31-10-8-7-9-29(31)30-21-24(11-20-32(30)41)22-37-38-33(43)23-45-35-40-39-34(25-12-14-26(15-13-25)36(2,3)4)42(35)27-16-18-28(44-5)19-17-27/h7-22H,6,23H2,1-5H3,(H,38,43)/b37-22-. The van der Waals surface area contributed by atoms with Crippen molar-refractivity contribution in [2.45, 2.75) is 44.8 Å². The van der Waals surface area contributed by atoms with Crippen molar-refractivity contribution < 1.29 is 9.53 Å². The van der Waals surface area contributed by atoms with E-state index in [1.807, 2.05) is 34.9 Å². The molecular weight excluding hydrogens is 581 g/mol. The van der Waals surface area contributed by atoms with E-state index in [1.54, 1.807) is 13.3 Å². The highest BCUT2D eigenvalue weighted by atomic mass is 32.2. The molecule has 0 saturated heterocycles. The Morgan fingerprint density at radius 1 is 0.933 bits per heavy atom. The largest absolute Gasteiger partial charge is 0.497 e. The fraction of sp³-hybridized carbons (Fsp3) is 0.222. The molecule has 2 heterocycles. The Labute approximate surface area is 267 Å². The number of rotatable bonds is 9. The Bertz CT molecular complexity index is 2000. The van der Waals surface area contributed by atoms with E-state index >= 15 is 0 Å². The molecule has 0 fully saturated rings. The molecule has 8 nitrogen and oxygen atoms in total. The van der Waals surface area contributed by atoms with Gasteiger partial charge in [-0.05, 0) is 65.9 Å². The lowest BCUT2D eigenvalue weighted by atomic mass is 9.87. The number of fused-ring (bicyclic) bond motifs is 3. The number of aryl methyl sites for hydroxylation is 1. The minimum Gasteiger partial charge on any atom is -0.497 e. The predicted molar refractivity (Wildman–Crippen MR) is 184 cm³/mol. The Morgan fingerprint density at radius 3 is 2.38 bits per heavy atom. The Balaban J connectivity index is 1.19. The molecule has 0 unspecified atom stereocenters. The Hall–Kier alpha value is -4.89. The molecule has 2 aromatic heterocycles. The van der Waals surface area contributed by atoms with Gasteiger partial charge >= 0.3 is 0 Å². The number of benzene rings is 4. The van der Waals surface area contributed by atoms with Crippen LogP contribution >= 0.6 is 11.8 Å². The molecule has 6 aromatic rings. The number of nitrogens with one attached hydrogen (secondary N) is 1. The highest BCUT2D eigenvalue weighted by Gasteiger charge is 2.19. The van der Waals surface area contributed by atoms with Gasteiger partial charge in [0.25, 0.3) is 5.91 Å². The molecule has 0 atom stereocenters. The topological polar surface area (TPSA) is 86.3 Å². The van der Waals surface area contributed by atoms with Gasteiger partial charge in [0.2, 0.25) is 0 Å². The van der Waals surface area contributed by atoms with Crippen molar-refractivity contribution in [1.82, 2.24) is 24.8 Å². The second-order valence-electron chi connectivity index (χ2n) is 11.8. The quantitative estimate of drug-likeness (QED) is 0.103. The van der Waals surface area contributed by atoms with Gasteiger partial charge in [-0.2, -0.15) is 5.10 Å². The van der Waals surface area contributed by atoms with Crippen LogP contribution in [0.4, 0.5) is 0 Å². The van der Waals surface area contributed by atoms with Gasteiger partial charge in [-0.25, -0.2) is 5.43 Å². The van der Waals surface area contributed by atoms with Gasteiger partial charge in [-0.1, -0.05) is 81.1 Å². The number of ether oxygens (including phenoxy) is 1. The molecule has 6 rings (SSSR count). The number of hydrogen-bond acceptors (Lipinski definition) is 6. The van der Waals surface area contributed by atoms with Crippen LogP contribution in [0.2, 0.25) is 0 Å². The summed E-state index contributed by atoms with van der Waals surface area (Å²) < 4.78 is 9.63. The summed E-state index contributed by atoms with van der Waals surface area (Å²) in [4.78, 5) is 12.9. The zero-order chi connectivity index (χ0) is 31.6. The number of amides is 1. The van der Waals surface area contributed by atoms with Crippen molar-refractivity contribution in [3.05, 3.63) is 102 Å². The number of hydrazone groups is 1. The highest BCUT2D eigenvalue weighted by molar-refractivity contribution is 7.99. The minimum atomic E-state index is -0.236. The van der Waals surface area contributed by atoms with Crippen LogP contribution in [0.25, 0.3) is 38.9 Å². The van der Waals surface area contributed by atoms with Crippen molar-refractivity contribution >= 4 is 45.7 Å². The van der Waals surface area contributed by atoms with E-state index in [9.17, 15) is 4.79 Å². The maximum atomic E-state index is 12.9. The SMILES string of the molecule is CCn1c2ccccc2c2cc(/C=N\NC(=O)CSc3nnc(-c4ccc(C(C)(C)C)cc4)n3-c3ccc(OC)cc3)ccc21. The first kappa shape index (κ1) is 30.1. The second kappa shape index (κ2) is 12.6. The fourth-order valence-electron chi connectivity index (χ4n) is 5.47. The minimum absolute atomic E-state index is 0.0429. The van der Waals surface area contributed by atoms with Crippen LogP contribution in [0, 0.1) is 0 Å². The monoisotopic (exact) mass is 616 g/mol. The molecule has 0 aliphatic heterocycles. The van der Waals surface area contributed by atoms with Gasteiger partial charge in [0.05, 0.1) is 19.1 Å². The predicted octanol–water partition coefficient (Wildman–Crippen LogP) is 7.61. The summed E-state index contributed by atoms with van der Waals surface area (Å²) in [7, 11) is 1.64. The third kappa shape index (κ3) is 6.21. The molecule has 45 heavy (non-hydrogen) atoms. The summed E-state index contributed by atoms with van der Waals surface area (Å²) >= 11 is 1.31. The number of carbonyl (C=O) groups is 1. The third-order valence-electron chi connectivity index (χ3n) is 7.82. The van der Waals surface area contributed by atoms with E-state index in [0.717, 1.165) is 29.1 Å². The molecule has 0 aliphatic carbocycles. The normalized spacial score (nSPS) is 11.9. The first-order valence-electron chi connectivity index (χ1n) is 14.9. The smallest absolute Gasteiger partial charge is 0.250 e. The summed E-state index contributed by atoms with van der Waals surface area (Å²) in [6.45, 7) is 9.62. The molecule has 0 saturated carbocycles. The number of aromatic nitrogens is 4. The van der Waals surface area contributed by atoms with Gasteiger partial charge in [-0.15, -0.1) is 10.2 Å². The number of methoxy groups -OCH3 is 1. The molecule has 1 N–H and O–H groups in total. The van der Waals surface area contributed by atoms with Gasteiger partial charge in [0, 0.05) is 39.6 Å². The maximum absolute atomic E-state index is 12.9. The molecule has 1 amide bonds. The van der Waals surface area contributed by atoms with Gasteiger partial charge in [0.15, 0.2) is 11.0 Å². The van der Waals surface area contributed by atoms with E-state index in [0.29, 0.717) is 11.0 Å². The molecule has 4 aromatic carbocycles. The van der Waals surface area contributed by atoms with Crippen molar-refractivity contribution in [3.8, 4) is 22.8 Å². The summed E-state index contributed by atoms with van der Waals surface area (Å²) in [5, 5.41) is 16.2. The van der Waals surface area contributed by atoms with Crippen LogP contribution in [0.5, 0.6) is 5.75 Å². The first-order chi connectivity index (χ1) is 21.8. The van der Waals surface area contributed by atoms with E-state index in [-0.39, 0.29) is 17.1 Å². The molecule has 9 heteroatoms. The van der Waals surface area contributed by atoms with Gasteiger partial charge < -0.3 is 9.30 Å². The van der Waals surface area contributed by atoms with Crippen molar-refractivity contribution in [3.63, 3.8) is 0 Å². The summed E-state index contributed by atoms with van der Waals surface area (Å²) in [6, 6.07) is 30.7. The van der Waals surface area contributed by atoms with Crippen LogP contribution in [-0.2, 0) is 16.8 Å². The average Bonchev–Trinajstić information content (AvgIpc) is 3.62. The number of thioether (sulfide) groups is 1. The lowest BCUT2D eigenvalue weighted by Crippen LogP contribution is -2.20. The summed E-state index contributed by atoms with van der Waals surface area (Å²) in [5.74, 6) is 1.34. The van der Waals surface area contributed by atoms with Crippen LogP contribution in [-0.4, -0.2) is 44.3 Å². The van der Waals surface area contributed by atoms with Crippen LogP contribution in [0.15, 0.2) is 101 Å². The van der Waals surface area contributed by atoms with Crippen molar-refractivity contribution in [1.29, 1.82) is 0 Å². The lowest BCUT2D eigenvalue weighted by molar-refractivity contribution is -0.118. The second-order valence-corrected chi connectivity index (χ2v) is 12.7. The first-order valence-corrected chi connectivity index (χ1v) is 15.9. The van der Waals surface area contributed by atoms with E-state index in [2.05, 4.69) is 114 Å². The molecular formula is C36H36N6O2S. The van der Waals surface area contributed by atoms with Gasteiger partial charge in [0.1, 0.15) is 5.75 Å². The van der Waals surface area contributed by atoms with Crippen molar-refractivity contribution in [2.75, 3.05) is 12.9 Å². The molecule has 0 aliphatic rings. The maximum Gasteiger partial charge on any atom is 0.250 e. The Morgan fingerprint density at radius 2 is 1.67 bits per heavy atom.